The Bertz CT molecular complexity index is 867. The zero-order chi connectivity index (χ0) is 18.0. The monoisotopic (exact) mass is 364 g/mol. The van der Waals surface area contributed by atoms with Crippen LogP contribution in [0.1, 0.15) is 11.1 Å². The zero-order valence-electron chi connectivity index (χ0n) is 14.6. The second kappa shape index (κ2) is 7.05. The third-order valence-electron chi connectivity index (χ3n) is 4.67. The molecule has 1 saturated heterocycles. The predicted octanol–water partition coefficient (Wildman–Crippen LogP) is 1.31. The lowest BCUT2D eigenvalue weighted by molar-refractivity contribution is 0.172. The summed E-state index contributed by atoms with van der Waals surface area (Å²) in [5, 5.41) is 4.12. The van der Waals surface area contributed by atoms with Crippen LogP contribution in [0.25, 0.3) is 10.9 Å². The van der Waals surface area contributed by atoms with E-state index in [4.69, 9.17) is 0 Å². The van der Waals surface area contributed by atoms with Gasteiger partial charge in [0.15, 0.2) is 0 Å². The number of piperazine rings is 1. The number of hydrogen-bond acceptors (Lipinski definition) is 3. The third-order valence-corrected chi connectivity index (χ3v) is 5.98. The van der Waals surface area contributed by atoms with Crippen LogP contribution in [0, 0.1) is 6.92 Å². The standard InChI is InChI=1S/C17H24N4O3S/c1-13-4-3-5-15-14(12-19-16(13)15)6-7-18-17(22)20-8-10-21(11-9-20)25(2,23)24/h3-5,12,19H,6-11H2,1-2H3,(H,18,22). The third kappa shape index (κ3) is 3.96. The predicted molar refractivity (Wildman–Crippen MR) is 98.1 cm³/mol. The van der Waals surface area contributed by atoms with Crippen molar-refractivity contribution in [2.75, 3.05) is 39.0 Å². The lowest BCUT2D eigenvalue weighted by atomic mass is 10.1. The van der Waals surface area contributed by atoms with Crippen molar-refractivity contribution in [2.24, 2.45) is 0 Å². The number of rotatable bonds is 4. The van der Waals surface area contributed by atoms with Crippen molar-refractivity contribution in [1.29, 1.82) is 0 Å². The maximum Gasteiger partial charge on any atom is 0.317 e. The van der Waals surface area contributed by atoms with Crippen LogP contribution in [0.15, 0.2) is 24.4 Å². The number of sulfonamides is 1. The molecule has 1 aliphatic rings. The highest BCUT2D eigenvalue weighted by Gasteiger charge is 2.25. The number of para-hydroxylation sites is 1. The lowest BCUT2D eigenvalue weighted by Crippen LogP contribution is -2.53. The summed E-state index contributed by atoms with van der Waals surface area (Å²) in [5.41, 5.74) is 3.53. The van der Waals surface area contributed by atoms with Crippen molar-refractivity contribution >= 4 is 27.0 Å². The first kappa shape index (κ1) is 17.8. The molecule has 0 spiro atoms. The molecule has 25 heavy (non-hydrogen) atoms. The molecule has 0 aliphatic carbocycles. The average Bonchev–Trinajstić information content (AvgIpc) is 2.99. The summed E-state index contributed by atoms with van der Waals surface area (Å²) in [6, 6.07) is 6.06. The number of aryl methyl sites for hydroxylation is 1. The number of nitrogens with zero attached hydrogens (tertiary/aromatic N) is 2. The minimum absolute atomic E-state index is 0.135. The zero-order valence-corrected chi connectivity index (χ0v) is 15.4. The summed E-state index contributed by atoms with van der Waals surface area (Å²) in [6.07, 6.45) is 3.94. The highest BCUT2D eigenvalue weighted by Crippen LogP contribution is 2.21. The van der Waals surface area contributed by atoms with E-state index in [0.29, 0.717) is 32.7 Å². The van der Waals surface area contributed by atoms with Gasteiger partial charge < -0.3 is 15.2 Å². The number of aromatic nitrogens is 1. The van der Waals surface area contributed by atoms with Gasteiger partial charge >= 0.3 is 6.03 Å². The Morgan fingerprint density at radius 3 is 2.64 bits per heavy atom. The molecule has 8 heteroatoms. The maximum atomic E-state index is 12.2. The Labute approximate surface area is 148 Å². The Morgan fingerprint density at radius 2 is 1.96 bits per heavy atom. The molecule has 2 amide bonds. The van der Waals surface area contributed by atoms with Gasteiger partial charge in [-0.2, -0.15) is 4.31 Å². The molecule has 0 bridgehead atoms. The first-order chi connectivity index (χ1) is 11.9. The van der Waals surface area contributed by atoms with Crippen molar-refractivity contribution in [3.63, 3.8) is 0 Å². The van der Waals surface area contributed by atoms with Crippen LogP contribution in [-0.4, -0.2) is 67.6 Å². The molecule has 1 aliphatic heterocycles. The van der Waals surface area contributed by atoms with Gasteiger partial charge in [0.1, 0.15) is 0 Å². The number of carbonyl (C=O) groups excluding carboxylic acids is 1. The van der Waals surface area contributed by atoms with E-state index in [1.807, 2.05) is 12.3 Å². The first-order valence-corrected chi connectivity index (χ1v) is 10.2. The number of nitrogens with one attached hydrogen (secondary N) is 2. The van der Waals surface area contributed by atoms with Gasteiger partial charge in [-0.15, -0.1) is 0 Å². The molecule has 0 unspecified atom stereocenters. The van der Waals surface area contributed by atoms with Gasteiger partial charge in [0, 0.05) is 49.8 Å². The molecule has 1 fully saturated rings. The highest BCUT2D eigenvalue weighted by molar-refractivity contribution is 7.88. The average molecular weight is 364 g/mol. The SMILES string of the molecule is Cc1cccc2c(CCNC(=O)N3CCN(S(C)(=O)=O)CC3)c[nH]c12. The van der Waals surface area contributed by atoms with Crippen molar-refractivity contribution in [3.05, 3.63) is 35.5 Å². The van der Waals surface area contributed by atoms with Crippen LogP contribution < -0.4 is 5.32 Å². The molecule has 0 saturated carbocycles. The van der Waals surface area contributed by atoms with Gasteiger partial charge in [0.25, 0.3) is 0 Å². The number of urea groups is 1. The van der Waals surface area contributed by atoms with Gasteiger partial charge in [-0.25, -0.2) is 13.2 Å². The van der Waals surface area contributed by atoms with Crippen LogP contribution in [0.3, 0.4) is 0 Å². The fourth-order valence-electron chi connectivity index (χ4n) is 3.21. The number of H-pyrrole nitrogens is 1. The molecule has 3 rings (SSSR count). The van der Waals surface area contributed by atoms with E-state index >= 15 is 0 Å². The molecular weight excluding hydrogens is 340 g/mol. The van der Waals surface area contributed by atoms with Gasteiger partial charge in [-0.3, -0.25) is 0 Å². The van der Waals surface area contributed by atoms with Crippen molar-refractivity contribution in [1.82, 2.24) is 19.5 Å². The molecule has 2 aromatic rings. The largest absolute Gasteiger partial charge is 0.361 e. The molecule has 7 nitrogen and oxygen atoms in total. The Kier molecular flexibility index (Phi) is 5.01. The molecule has 2 heterocycles. The van der Waals surface area contributed by atoms with E-state index in [9.17, 15) is 13.2 Å². The molecule has 0 atom stereocenters. The van der Waals surface area contributed by atoms with E-state index in [-0.39, 0.29) is 6.03 Å². The van der Waals surface area contributed by atoms with E-state index in [1.165, 1.54) is 27.1 Å². The van der Waals surface area contributed by atoms with Crippen molar-refractivity contribution in [3.8, 4) is 0 Å². The summed E-state index contributed by atoms with van der Waals surface area (Å²) in [6.45, 7) is 4.17. The van der Waals surface area contributed by atoms with Crippen molar-refractivity contribution < 1.29 is 13.2 Å². The number of carbonyl (C=O) groups is 1. The fraction of sp³-hybridized carbons (Fsp3) is 0.471. The molecule has 1 aromatic carbocycles. The highest BCUT2D eigenvalue weighted by atomic mass is 32.2. The minimum Gasteiger partial charge on any atom is -0.361 e. The van der Waals surface area contributed by atoms with Gasteiger partial charge in [-0.05, 0) is 24.5 Å². The minimum atomic E-state index is -3.17. The van der Waals surface area contributed by atoms with Crippen LogP contribution in [0.2, 0.25) is 0 Å². The smallest absolute Gasteiger partial charge is 0.317 e. The second-order valence-corrected chi connectivity index (χ2v) is 8.42. The summed E-state index contributed by atoms with van der Waals surface area (Å²) >= 11 is 0. The number of benzene rings is 1. The van der Waals surface area contributed by atoms with Gasteiger partial charge in [0.2, 0.25) is 10.0 Å². The molecular formula is C17H24N4O3S. The number of fused-ring (bicyclic) bond motifs is 1. The van der Waals surface area contributed by atoms with E-state index < -0.39 is 10.0 Å². The number of amides is 2. The second-order valence-electron chi connectivity index (χ2n) is 6.44. The maximum absolute atomic E-state index is 12.2. The molecule has 2 N–H and O–H groups in total. The molecule has 0 radical (unpaired) electrons. The van der Waals surface area contributed by atoms with E-state index in [1.54, 1.807) is 4.90 Å². The lowest BCUT2D eigenvalue weighted by Gasteiger charge is -2.33. The Morgan fingerprint density at radius 1 is 1.24 bits per heavy atom. The summed E-state index contributed by atoms with van der Waals surface area (Å²) < 4.78 is 24.4. The number of hydrogen-bond donors (Lipinski definition) is 2. The van der Waals surface area contributed by atoms with Gasteiger partial charge in [-0.1, -0.05) is 18.2 Å². The molecule has 136 valence electrons. The summed E-state index contributed by atoms with van der Waals surface area (Å²) in [4.78, 5) is 17.2. The molecule has 1 aromatic heterocycles. The van der Waals surface area contributed by atoms with E-state index in [2.05, 4.69) is 29.4 Å². The van der Waals surface area contributed by atoms with Crippen LogP contribution >= 0.6 is 0 Å². The number of aromatic amines is 1. The van der Waals surface area contributed by atoms with Crippen LogP contribution in [-0.2, 0) is 16.4 Å². The Balaban J connectivity index is 1.51. The topological polar surface area (TPSA) is 85.5 Å². The normalized spacial score (nSPS) is 16.3. The summed E-state index contributed by atoms with van der Waals surface area (Å²) in [7, 11) is -3.17. The Hall–Kier alpha value is -2.06. The van der Waals surface area contributed by atoms with Crippen LogP contribution in [0.5, 0.6) is 0 Å². The van der Waals surface area contributed by atoms with Gasteiger partial charge in [0.05, 0.1) is 6.26 Å². The first-order valence-electron chi connectivity index (χ1n) is 8.40. The van der Waals surface area contributed by atoms with Crippen LogP contribution in [0.4, 0.5) is 4.79 Å². The quantitative estimate of drug-likeness (QED) is 0.858. The van der Waals surface area contributed by atoms with E-state index in [0.717, 1.165) is 11.9 Å². The van der Waals surface area contributed by atoms with Crippen molar-refractivity contribution in [2.45, 2.75) is 13.3 Å². The fourth-order valence-corrected chi connectivity index (χ4v) is 4.04. The summed E-state index contributed by atoms with van der Waals surface area (Å²) in [5.74, 6) is 0.